The molecule has 1 atom stereocenters. The molecule has 1 aliphatic heterocycles. The van der Waals surface area contributed by atoms with Gasteiger partial charge in [-0.25, -0.2) is 0 Å². The number of carbonyl (C=O) groups is 1. The smallest absolute Gasteiger partial charge is 0.244 e. The molecule has 27 heavy (non-hydrogen) atoms. The molecule has 1 amide bonds. The maximum Gasteiger partial charge on any atom is 0.244 e. The lowest BCUT2D eigenvalue weighted by molar-refractivity contribution is -0.116. The Bertz CT molecular complexity index is 958. The van der Waals surface area contributed by atoms with Crippen LogP contribution < -0.4 is 10.1 Å². The van der Waals surface area contributed by atoms with E-state index in [1.54, 1.807) is 30.9 Å². The zero-order valence-electron chi connectivity index (χ0n) is 14.6. The van der Waals surface area contributed by atoms with E-state index in [0.29, 0.717) is 6.54 Å². The number of fused-ring (bicyclic) bond motifs is 1. The summed E-state index contributed by atoms with van der Waals surface area (Å²) in [6, 6.07) is 11.6. The molecule has 0 radical (unpaired) electrons. The van der Waals surface area contributed by atoms with Crippen molar-refractivity contribution in [1.82, 2.24) is 20.3 Å². The van der Waals surface area contributed by atoms with E-state index in [1.165, 1.54) is 6.08 Å². The number of amides is 1. The highest BCUT2D eigenvalue weighted by atomic mass is 16.5. The first-order valence-electron chi connectivity index (χ1n) is 8.71. The van der Waals surface area contributed by atoms with Gasteiger partial charge in [-0.3, -0.25) is 19.7 Å². The summed E-state index contributed by atoms with van der Waals surface area (Å²) in [7, 11) is 0. The van der Waals surface area contributed by atoms with E-state index in [2.05, 4.69) is 20.3 Å². The minimum Gasteiger partial charge on any atom is -0.487 e. The number of hydrogen-bond acceptors (Lipinski definition) is 5. The number of benzene rings is 1. The van der Waals surface area contributed by atoms with Crippen molar-refractivity contribution in [3.63, 3.8) is 0 Å². The molecule has 6 nitrogen and oxygen atoms in total. The number of para-hydroxylation sites is 1. The largest absolute Gasteiger partial charge is 0.487 e. The summed E-state index contributed by atoms with van der Waals surface area (Å²) in [5.41, 5.74) is 3.55. The monoisotopic (exact) mass is 358 g/mol. The van der Waals surface area contributed by atoms with Crippen molar-refractivity contribution in [2.24, 2.45) is 0 Å². The maximum absolute atomic E-state index is 12.0. The Labute approximate surface area is 157 Å². The van der Waals surface area contributed by atoms with Gasteiger partial charge in [0.05, 0.1) is 24.1 Å². The van der Waals surface area contributed by atoms with Crippen LogP contribution in [0, 0.1) is 0 Å². The highest BCUT2D eigenvalue weighted by molar-refractivity contribution is 5.91. The standard InChI is InChI=1S/C21H18N4O2/c26-20(8-7-16-5-1-2-9-23-16)25-13-17-12-15-4-3-6-18(21(15)27-17)19-14-22-10-11-24-19/h1-11,14,17H,12-13H2,(H,25,26)/b8-7+. The predicted octanol–water partition coefficient (Wildman–Crippen LogP) is 2.67. The summed E-state index contributed by atoms with van der Waals surface area (Å²) >= 11 is 0. The second-order valence-corrected chi connectivity index (χ2v) is 6.16. The van der Waals surface area contributed by atoms with Crippen LogP contribution in [0.3, 0.4) is 0 Å². The molecule has 2 aromatic heterocycles. The van der Waals surface area contributed by atoms with Gasteiger partial charge in [-0.05, 0) is 29.8 Å². The Kier molecular flexibility index (Phi) is 4.87. The van der Waals surface area contributed by atoms with Crippen LogP contribution in [0.15, 0.2) is 67.3 Å². The van der Waals surface area contributed by atoms with Crippen molar-refractivity contribution < 1.29 is 9.53 Å². The van der Waals surface area contributed by atoms with E-state index in [1.807, 2.05) is 36.4 Å². The third-order valence-corrected chi connectivity index (χ3v) is 4.27. The third kappa shape index (κ3) is 4.00. The maximum atomic E-state index is 12.0. The van der Waals surface area contributed by atoms with Crippen LogP contribution in [-0.2, 0) is 11.2 Å². The highest BCUT2D eigenvalue weighted by Gasteiger charge is 2.26. The summed E-state index contributed by atoms with van der Waals surface area (Å²) in [5, 5.41) is 2.88. The molecule has 0 spiro atoms. The quantitative estimate of drug-likeness (QED) is 0.710. The van der Waals surface area contributed by atoms with Crippen LogP contribution >= 0.6 is 0 Å². The second kappa shape index (κ2) is 7.78. The topological polar surface area (TPSA) is 77.0 Å². The van der Waals surface area contributed by atoms with Gasteiger partial charge in [0.15, 0.2) is 0 Å². The highest BCUT2D eigenvalue weighted by Crippen LogP contribution is 2.37. The van der Waals surface area contributed by atoms with Gasteiger partial charge in [-0.1, -0.05) is 18.2 Å². The Balaban J connectivity index is 1.38. The van der Waals surface area contributed by atoms with E-state index in [4.69, 9.17) is 4.74 Å². The van der Waals surface area contributed by atoms with Gasteiger partial charge < -0.3 is 10.1 Å². The fraction of sp³-hybridized carbons (Fsp3) is 0.143. The molecule has 6 heteroatoms. The Morgan fingerprint density at radius 1 is 1.15 bits per heavy atom. The molecule has 0 aliphatic carbocycles. The summed E-state index contributed by atoms with van der Waals surface area (Å²) < 4.78 is 6.09. The molecule has 0 saturated carbocycles. The van der Waals surface area contributed by atoms with Crippen molar-refractivity contribution in [2.45, 2.75) is 12.5 Å². The number of carbonyl (C=O) groups excluding carboxylic acids is 1. The molecule has 3 heterocycles. The number of aromatic nitrogens is 3. The Morgan fingerprint density at radius 2 is 2.11 bits per heavy atom. The molecule has 0 saturated heterocycles. The van der Waals surface area contributed by atoms with Gasteiger partial charge >= 0.3 is 0 Å². The van der Waals surface area contributed by atoms with Gasteiger partial charge in [0.25, 0.3) is 0 Å². The van der Waals surface area contributed by atoms with E-state index in [9.17, 15) is 4.79 Å². The Hall–Kier alpha value is -3.54. The van der Waals surface area contributed by atoms with Gasteiger partial charge in [0, 0.05) is 36.7 Å². The zero-order chi connectivity index (χ0) is 18.5. The van der Waals surface area contributed by atoms with Gasteiger partial charge in [-0.2, -0.15) is 0 Å². The molecule has 1 aromatic carbocycles. The lowest BCUT2D eigenvalue weighted by Gasteiger charge is -2.12. The molecular formula is C21H18N4O2. The van der Waals surface area contributed by atoms with E-state index in [-0.39, 0.29) is 12.0 Å². The number of pyridine rings is 1. The zero-order valence-corrected chi connectivity index (χ0v) is 14.6. The minimum absolute atomic E-state index is 0.106. The number of ether oxygens (including phenoxy) is 1. The van der Waals surface area contributed by atoms with Gasteiger partial charge in [0.2, 0.25) is 5.91 Å². The molecule has 134 valence electrons. The number of hydrogen-bond donors (Lipinski definition) is 1. The van der Waals surface area contributed by atoms with Crippen LogP contribution in [-0.4, -0.2) is 33.5 Å². The van der Waals surface area contributed by atoms with Gasteiger partial charge in [-0.15, -0.1) is 0 Å². The lowest BCUT2D eigenvalue weighted by Crippen LogP contribution is -2.33. The molecule has 1 aliphatic rings. The molecule has 1 N–H and O–H groups in total. The summed E-state index contributed by atoms with van der Waals surface area (Å²) in [6.45, 7) is 0.431. The number of nitrogens with one attached hydrogen (secondary N) is 1. The first kappa shape index (κ1) is 16.9. The average Bonchev–Trinajstić information content (AvgIpc) is 3.15. The molecule has 3 aromatic rings. The average molecular weight is 358 g/mol. The number of rotatable bonds is 5. The van der Waals surface area contributed by atoms with E-state index < -0.39 is 0 Å². The van der Waals surface area contributed by atoms with Crippen LogP contribution in [0.1, 0.15) is 11.3 Å². The number of nitrogens with zero attached hydrogens (tertiary/aromatic N) is 3. The van der Waals surface area contributed by atoms with Crippen molar-refractivity contribution in [3.8, 4) is 17.0 Å². The molecule has 0 fully saturated rings. The minimum atomic E-state index is -0.172. The molecule has 4 rings (SSSR count). The fourth-order valence-electron chi connectivity index (χ4n) is 3.00. The fourth-order valence-corrected chi connectivity index (χ4v) is 3.00. The first-order chi connectivity index (χ1) is 13.3. The molecular weight excluding hydrogens is 340 g/mol. The lowest BCUT2D eigenvalue weighted by atomic mass is 10.0. The van der Waals surface area contributed by atoms with Crippen molar-refractivity contribution in [1.29, 1.82) is 0 Å². The van der Waals surface area contributed by atoms with Crippen LogP contribution in [0.4, 0.5) is 0 Å². The third-order valence-electron chi connectivity index (χ3n) is 4.27. The Morgan fingerprint density at radius 3 is 2.93 bits per heavy atom. The SMILES string of the molecule is O=C(/C=C/c1ccccn1)NCC1Cc2cccc(-c3cnccn3)c2O1. The van der Waals surface area contributed by atoms with Crippen LogP contribution in [0.2, 0.25) is 0 Å². The second-order valence-electron chi connectivity index (χ2n) is 6.16. The summed E-state index contributed by atoms with van der Waals surface area (Å²) in [5.74, 6) is 0.649. The predicted molar refractivity (Wildman–Crippen MR) is 102 cm³/mol. The van der Waals surface area contributed by atoms with Crippen molar-refractivity contribution >= 4 is 12.0 Å². The molecule has 0 bridgehead atoms. The first-order valence-corrected chi connectivity index (χ1v) is 8.71. The molecule has 1 unspecified atom stereocenters. The van der Waals surface area contributed by atoms with Crippen LogP contribution in [0.25, 0.3) is 17.3 Å². The van der Waals surface area contributed by atoms with Crippen molar-refractivity contribution in [3.05, 3.63) is 78.5 Å². The van der Waals surface area contributed by atoms with E-state index >= 15 is 0 Å². The van der Waals surface area contributed by atoms with Crippen molar-refractivity contribution in [2.75, 3.05) is 6.54 Å². The normalized spacial score (nSPS) is 15.3. The van der Waals surface area contributed by atoms with E-state index in [0.717, 1.165) is 34.7 Å². The van der Waals surface area contributed by atoms with Gasteiger partial charge in [0.1, 0.15) is 11.9 Å². The summed E-state index contributed by atoms with van der Waals surface area (Å²) in [4.78, 5) is 24.7. The van der Waals surface area contributed by atoms with Crippen LogP contribution in [0.5, 0.6) is 5.75 Å². The summed E-state index contributed by atoms with van der Waals surface area (Å²) in [6.07, 6.45) is 10.5.